The van der Waals surface area contributed by atoms with E-state index >= 15 is 0 Å². The molecule has 0 radical (unpaired) electrons. The molecule has 0 aliphatic carbocycles. The minimum Gasteiger partial charge on any atom is -0.497 e. The van der Waals surface area contributed by atoms with Crippen molar-refractivity contribution in [2.24, 2.45) is 0 Å². The van der Waals surface area contributed by atoms with Gasteiger partial charge in [-0.25, -0.2) is 8.91 Å². The monoisotopic (exact) mass is 334 g/mol. The third-order valence-corrected chi connectivity index (χ3v) is 3.83. The van der Waals surface area contributed by atoms with Crippen LogP contribution in [0.3, 0.4) is 0 Å². The largest absolute Gasteiger partial charge is 0.497 e. The highest BCUT2D eigenvalue weighted by Gasteiger charge is 2.09. The fraction of sp³-hybridized carbons (Fsp3) is 0.0526. The number of hydrogen-bond donors (Lipinski definition) is 1. The predicted octanol–water partition coefficient (Wildman–Crippen LogP) is 4.29. The van der Waals surface area contributed by atoms with Gasteiger partial charge >= 0.3 is 0 Å². The molecule has 25 heavy (non-hydrogen) atoms. The molecule has 2 heterocycles. The second kappa shape index (κ2) is 6.24. The van der Waals surface area contributed by atoms with E-state index < -0.39 is 0 Å². The van der Waals surface area contributed by atoms with Gasteiger partial charge in [0.25, 0.3) is 0 Å². The molecule has 0 aliphatic rings. The summed E-state index contributed by atoms with van der Waals surface area (Å²) >= 11 is 0. The van der Waals surface area contributed by atoms with Gasteiger partial charge in [0, 0.05) is 11.3 Å². The molecule has 0 bridgehead atoms. The lowest BCUT2D eigenvalue weighted by Gasteiger charge is -2.04. The van der Waals surface area contributed by atoms with E-state index in [4.69, 9.17) is 4.74 Å². The lowest BCUT2D eigenvalue weighted by Crippen LogP contribution is -1.96. The first-order valence-electron chi connectivity index (χ1n) is 7.76. The Balaban J connectivity index is 1.71. The van der Waals surface area contributed by atoms with Crippen molar-refractivity contribution in [3.8, 4) is 17.0 Å². The zero-order valence-corrected chi connectivity index (χ0v) is 13.5. The number of fused-ring (bicyclic) bond motifs is 1. The molecule has 0 saturated heterocycles. The van der Waals surface area contributed by atoms with Crippen molar-refractivity contribution >= 4 is 17.3 Å². The third-order valence-electron chi connectivity index (χ3n) is 3.83. The highest BCUT2D eigenvalue weighted by molar-refractivity contribution is 5.64. The second-order valence-corrected chi connectivity index (χ2v) is 5.48. The molecule has 0 fully saturated rings. The molecule has 0 aliphatic heterocycles. The maximum atomic E-state index is 13.5. The van der Waals surface area contributed by atoms with Crippen molar-refractivity contribution in [2.75, 3.05) is 12.4 Å². The van der Waals surface area contributed by atoms with E-state index in [-0.39, 0.29) is 5.82 Å². The first-order chi connectivity index (χ1) is 12.2. The zero-order valence-electron chi connectivity index (χ0n) is 13.5. The zero-order chi connectivity index (χ0) is 17.2. The van der Waals surface area contributed by atoms with E-state index in [0.717, 1.165) is 22.7 Å². The molecular weight excluding hydrogens is 319 g/mol. The number of benzene rings is 2. The summed E-state index contributed by atoms with van der Waals surface area (Å²) in [6, 6.07) is 19.5. The van der Waals surface area contributed by atoms with E-state index in [1.807, 2.05) is 48.5 Å². The summed E-state index contributed by atoms with van der Waals surface area (Å²) in [4.78, 5) is 4.47. The van der Waals surface area contributed by atoms with Crippen molar-refractivity contribution in [1.82, 2.24) is 14.6 Å². The van der Waals surface area contributed by atoms with Crippen molar-refractivity contribution < 1.29 is 9.13 Å². The minimum atomic E-state index is -0.286. The molecule has 4 aromatic rings. The van der Waals surface area contributed by atoms with Crippen LogP contribution in [-0.4, -0.2) is 21.7 Å². The van der Waals surface area contributed by atoms with Crippen molar-refractivity contribution in [2.45, 2.75) is 0 Å². The standard InChI is InChI=1S/C19H15FN4O/c1-25-16-10-8-15(9-11-16)21-19-22-18-7-3-6-17(24(18)23-19)13-4-2-5-14(20)12-13/h2-12H,1H3,(H,21,23). The number of aromatic nitrogens is 3. The van der Waals surface area contributed by atoms with Gasteiger partial charge in [0.15, 0.2) is 5.65 Å². The number of pyridine rings is 1. The van der Waals surface area contributed by atoms with Crippen LogP contribution in [0.1, 0.15) is 0 Å². The number of halogens is 1. The molecular formula is C19H15FN4O. The van der Waals surface area contributed by atoms with Crippen LogP contribution < -0.4 is 10.1 Å². The Labute approximate surface area is 143 Å². The fourth-order valence-electron chi connectivity index (χ4n) is 2.63. The van der Waals surface area contributed by atoms with Gasteiger partial charge in [-0.3, -0.25) is 0 Å². The maximum Gasteiger partial charge on any atom is 0.247 e. The molecule has 0 unspecified atom stereocenters. The number of ether oxygens (including phenoxy) is 1. The van der Waals surface area contributed by atoms with Gasteiger partial charge in [0.05, 0.1) is 12.8 Å². The molecule has 2 aromatic carbocycles. The van der Waals surface area contributed by atoms with Crippen LogP contribution in [-0.2, 0) is 0 Å². The van der Waals surface area contributed by atoms with Crippen LogP contribution in [0.25, 0.3) is 16.9 Å². The molecule has 0 amide bonds. The smallest absolute Gasteiger partial charge is 0.247 e. The van der Waals surface area contributed by atoms with Crippen LogP contribution in [0.4, 0.5) is 16.0 Å². The Hall–Kier alpha value is -3.41. The van der Waals surface area contributed by atoms with Gasteiger partial charge in [-0.15, -0.1) is 5.10 Å². The van der Waals surface area contributed by atoms with E-state index in [1.165, 1.54) is 12.1 Å². The number of nitrogens with zero attached hydrogens (tertiary/aromatic N) is 3. The van der Waals surface area contributed by atoms with Crippen molar-refractivity contribution in [1.29, 1.82) is 0 Å². The van der Waals surface area contributed by atoms with Gasteiger partial charge in [0.1, 0.15) is 11.6 Å². The van der Waals surface area contributed by atoms with Gasteiger partial charge in [-0.05, 0) is 48.5 Å². The van der Waals surface area contributed by atoms with Gasteiger partial charge in [-0.2, -0.15) is 4.98 Å². The first kappa shape index (κ1) is 15.1. The number of rotatable bonds is 4. The van der Waals surface area contributed by atoms with Crippen LogP contribution in [0.5, 0.6) is 5.75 Å². The molecule has 124 valence electrons. The molecule has 2 aromatic heterocycles. The average Bonchev–Trinajstić information content (AvgIpc) is 3.04. The van der Waals surface area contributed by atoms with Crippen LogP contribution in [0, 0.1) is 5.82 Å². The van der Waals surface area contributed by atoms with Gasteiger partial charge in [-0.1, -0.05) is 18.2 Å². The Kier molecular flexibility index (Phi) is 3.78. The van der Waals surface area contributed by atoms with Gasteiger partial charge < -0.3 is 10.1 Å². The molecule has 5 nitrogen and oxygen atoms in total. The Morgan fingerprint density at radius 2 is 1.80 bits per heavy atom. The Morgan fingerprint density at radius 1 is 1.00 bits per heavy atom. The molecule has 0 saturated carbocycles. The summed E-state index contributed by atoms with van der Waals surface area (Å²) in [6.07, 6.45) is 0. The minimum absolute atomic E-state index is 0.286. The number of nitrogens with one attached hydrogen (secondary N) is 1. The quantitative estimate of drug-likeness (QED) is 0.605. The summed E-state index contributed by atoms with van der Waals surface area (Å²) in [6.45, 7) is 0. The highest BCUT2D eigenvalue weighted by Crippen LogP contribution is 2.23. The number of hydrogen-bond acceptors (Lipinski definition) is 4. The van der Waals surface area contributed by atoms with E-state index in [0.29, 0.717) is 11.6 Å². The Morgan fingerprint density at radius 3 is 2.56 bits per heavy atom. The Bertz CT molecular complexity index is 1030. The third kappa shape index (κ3) is 3.01. The second-order valence-electron chi connectivity index (χ2n) is 5.48. The molecule has 0 spiro atoms. The van der Waals surface area contributed by atoms with Crippen LogP contribution in [0.2, 0.25) is 0 Å². The van der Waals surface area contributed by atoms with Gasteiger partial charge in [0.2, 0.25) is 5.95 Å². The SMILES string of the molecule is COc1ccc(Nc2nc3cccc(-c4cccc(F)c4)n3n2)cc1. The topological polar surface area (TPSA) is 51.5 Å². The van der Waals surface area contributed by atoms with Crippen LogP contribution in [0.15, 0.2) is 66.7 Å². The summed E-state index contributed by atoms with van der Waals surface area (Å²) in [5.74, 6) is 0.960. The lowest BCUT2D eigenvalue weighted by molar-refractivity contribution is 0.415. The fourth-order valence-corrected chi connectivity index (χ4v) is 2.63. The highest BCUT2D eigenvalue weighted by atomic mass is 19.1. The number of methoxy groups -OCH3 is 1. The van der Waals surface area contributed by atoms with E-state index in [9.17, 15) is 4.39 Å². The van der Waals surface area contributed by atoms with Crippen molar-refractivity contribution in [3.63, 3.8) is 0 Å². The molecule has 6 heteroatoms. The lowest BCUT2D eigenvalue weighted by atomic mass is 10.1. The summed E-state index contributed by atoms with van der Waals surface area (Å²) in [7, 11) is 1.63. The predicted molar refractivity (Wildman–Crippen MR) is 94.7 cm³/mol. The average molecular weight is 334 g/mol. The van der Waals surface area contributed by atoms with E-state index in [2.05, 4.69) is 15.4 Å². The normalized spacial score (nSPS) is 10.8. The molecule has 4 rings (SSSR count). The molecule has 1 N–H and O–H groups in total. The van der Waals surface area contributed by atoms with Crippen LogP contribution >= 0.6 is 0 Å². The summed E-state index contributed by atoms with van der Waals surface area (Å²) in [5.41, 5.74) is 3.04. The number of anilines is 2. The summed E-state index contributed by atoms with van der Waals surface area (Å²) < 4.78 is 20.4. The molecule has 0 atom stereocenters. The van der Waals surface area contributed by atoms with E-state index in [1.54, 1.807) is 17.7 Å². The maximum absolute atomic E-state index is 13.5. The van der Waals surface area contributed by atoms with Crippen molar-refractivity contribution in [3.05, 3.63) is 72.5 Å². The first-order valence-corrected chi connectivity index (χ1v) is 7.76. The summed E-state index contributed by atoms with van der Waals surface area (Å²) in [5, 5.41) is 7.66.